The molecule has 14 rings (SSSR count). The van der Waals surface area contributed by atoms with Crippen molar-refractivity contribution in [2.75, 3.05) is 4.90 Å². The maximum atomic E-state index is 2.58. The maximum absolute atomic E-state index is 2.58. The van der Waals surface area contributed by atoms with Crippen LogP contribution in [0.1, 0.15) is 89.5 Å². The molecule has 0 aromatic heterocycles. The molecule has 1 nitrogen and oxygen atoms in total. The third kappa shape index (κ3) is 6.76. The summed E-state index contributed by atoms with van der Waals surface area (Å²) in [6, 6.07) is 98.4. The number of benzene rings is 11. The zero-order valence-corrected chi connectivity index (χ0v) is 41.9. The van der Waals surface area contributed by atoms with Crippen molar-refractivity contribution < 1.29 is 0 Å². The highest BCUT2D eigenvalue weighted by molar-refractivity contribution is 6.05. The van der Waals surface area contributed by atoms with Crippen LogP contribution in [0.5, 0.6) is 0 Å². The Morgan fingerprint density at radius 3 is 1.61 bits per heavy atom. The van der Waals surface area contributed by atoms with E-state index in [9.17, 15) is 0 Å². The number of nitrogens with zero attached hydrogens (tertiary/aromatic N) is 1. The van der Waals surface area contributed by atoms with E-state index in [1.807, 2.05) is 0 Å². The van der Waals surface area contributed by atoms with Gasteiger partial charge in [-0.3, -0.25) is 0 Å². The fraction of sp³-hybridized carbons (Fsp3) is 0.123. The van der Waals surface area contributed by atoms with Gasteiger partial charge in [-0.2, -0.15) is 0 Å². The van der Waals surface area contributed by atoms with Gasteiger partial charge in [0.2, 0.25) is 0 Å². The Bertz CT molecular complexity index is 3840. The summed E-state index contributed by atoms with van der Waals surface area (Å²) in [5, 5.41) is 2.70. The van der Waals surface area contributed by atoms with Crippen molar-refractivity contribution in [3.63, 3.8) is 0 Å². The standard InChI is InChI=1S/C73H57N/c1-72(54-27-8-3-9-28-54)64-38-17-14-33-59(64)60-48-45-53(49-67(60)72)50-43-46-57(47-44-50)74(68-41-19-16-34-61(68)62-37-21-26-52-25-20-36-58(70(52)62)51-23-6-2-7-24-51)69-42-22-40-66-71(69)63-35-15-18-39-65(63)73(66,55-29-10-4-11-30-55)56-31-12-5-13-32-56/h3-5,8-22,25-49,51H,2,6-7,23-24H2,1H3. The average Bonchev–Trinajstić information content (AvgIpc) is 4.01. The second kappa shape index (κ2) is 17.9. The molecule has 0 amide bonds. The molecule has 0 radical (unpaired) electrons. The molecule has 0 spiro atoms. The van der Waals surface area contributed by atoms with E-state index in [4.69, 9.17) is 0 Å². The lowest BCUT2D eigenvalue weighted by atomic mass is 9.68. The lowest BCUT2D eigenvalue weighted by molar-refractivity contribution is 0.445. The van der Waals surface area contributed by atoms with Gasteiger partial charge in [-0.15, -0.1) is 0 Å². The van der Waals surface area contributed by atoms with E-state index in [2.05, 4.69) is 273 Å². The number of hydrogen-bond donors (Lipinski definition) is 0. The van der Waals surface area contributed by atoms with E-state index < -0.39 is 5.41 Å². The van der Waals surface area contributed by atoms with Crippen LogP contribution in [-0.2, 0) is 10.8 Å². The number of hydrogen-bond acceptors (Lipinski definition) is 1. The second-order valence-electron chi connectivity index (χ2n) is 21.0. The molecule has 0 heterocycles. The second-order valence-corrected chi connectivity index (χ2v) is 21.0. The van der Waals surface area contributed by atoms with Gasteiger partial charge in [-0.25, -0.2) is 0 Å². The predicted molar refractivity (Wildman–Crippen MR) is 310 cm³/mol. The highest BCUT2D eigenvalue weighted by Gasteiger charge is 2.47. The Hall–Kier alpha value is -8.52. The monoisotopic (exact) mass is 947 g/mol. The van der Waals surface area contributed by atoms with E-state index >= 15 is 0 Å². The molecule has 0 saturated heterocycles. The molecule has 1 atom stereocenters. The normalized spacial score (nSPS) is 16.3. The SMILES string of the molecule is CC1(c2ccccc2)c2ccccc2-c2ccc(-c3ccc(N(c4ccccc4-c4cccc5cccc(C6CCCCC6)c45)c4cccc5c4-c4ccccc4C5(c4ccccc4)c4ccccc4)cc3)cc21. The lowest BCUT2D eigenvalue weighted by Gasteiger charge is -2.34. The molecule has 3 aliphatic carbocycles. The van der Waals surface area contributed by atoms with E-state index in [1.54, 1.807) is 0 Å². The van der Waals surface area contributed by atoms with Crippen LogP contribution in [0.4, 0.5) is 17.1 Å². The highest BCUT2D eigenvalue weighted by atomic mass is 15.1. The van der Waals surface area contributed by atoms with E-state index in [0.717, 1.165) is 17.1 Å². The van der Waals surface area contributed by atoms with Gasteiger partial charge in [0.25, 0.3) is 0 Å². The Balaban J connectivity index is 0.992. The quantitative estimate of drug-likeness (QED) is 0.139. The third-order valence-electron chi connectivity index (χ3n) is 17.2. The molecule has 74 heavy (non-hydrogen) atoms. The van der Waals surface area contributed by atoms with Gasteiger partial charge >= 0.3 is 0 Å². The smallest absolute Gasteiger partial charge is 0.0714 e. The number of para-hydroxylation sites is 1. The van der Waals surface area contributed by atoms with E-state index in [0.29, 0.717) is 5.92 Å². The number of fused-ring (bicyclic) bond motifs is 7. The van der Waals surface area contributed by atoms with Gasteiger partial charge < -0.3 is 4.90 Å². The fourth-order valence-electron chi connectivity index (χ4n) is 13.9. The van der Waals surface area contributed by atoms with Gasteiger partial charge in [-0.1, -0.05) is 250 Å². The summed E-state index contributed by atoms with van der Waals surface area (Å²) in [6.07, 6.45) is 6.41. The van der Waals surface area contributed by atoms with Gasteiger partial charge in [0, 0.05) is 22.2 Å². The fourth-order valence-corrected chi connectivity index (χ4v) is 13.9. The molecule has 1 fully saturated rings. The average molecular weight is 948 g/mol. The summed E-state index contributed by atoms with van der Waals surface area (Å²) in [5.74, 6) is 0.557. The van der Waals surface area contributed by atoms with E-state index in [1.165, 1.54) is 132 Å². The predicted octanol–water partition coefficient (Wildman–Crippen LogP) is 19.4. The lowest BCUT2D eigenvalue weighted by Crippen LogP contribution is -2.28. The first-order chi connectivity index (χ1) is 36.6. The van der Waals surface area contributed by atoms with Crippen molar-refractivity contribution in [3.8, 4) is 44.5 Å². The van der Waals surface area contributed by atoms with Crippen molar-refractivity contribution in [1.82, 2.24) is 0 Å². The molecule has 0 bridgehead atoms. The Morgan fingerprint density at radius 2 is 0.892 bits per heavy atom. The molecule has 0 aliphatic heterocycles. The van der Waals surface area contributed by atoms with Gasteiger partial charge in [0.15, 0.2) is 0 Å². The molecular weight excluding hydrogens is 891 g/mol. The first-order valence-electron chi connectivity index (χ1n) is 26.8. The van der Waals surface area contributed by atoms with Crippen LogP contribution in [0.15, 0.2) is 261 Å². The molecule has 1 unspecified atom stereocenters. The van der Waals surface area contributed by atoms with Crippen LogP contribution >= 0.6 is 0 Å². The molecule has 1 saturated carbocycles. The molecule has 11 aromatic carbocycles. The van der Waals surface area contributed by atoms with Crippen molar-refractivity contribution >= 4 is 27.8 Å². The maximum Gasteiger partial charge on any atom is 0.0714 e. The van der Waals surface area contributed by atoms with Crippen LogP contribution in [0, 0.1) is 0 Å². The number of rotatable bonds is 9. The first-order valence-corrected chi connectivity index (χ1v) is 26.8. The Morgan fingerprint density at radius 1 is 0.365 bits per heavy atom. The summed E-state index contributed by atoms with van der Waals surface area (Å²) < 4.78 is 0. The van der Waals surface area contributed by atoms with Crippen LogP contribution in [0.3, 0.4) is 0 Å². The van der Waals surface area contributed by atoms with E-state index in [-0.39, 0.29) is 5.41 Å². The van der Waals surface area contributed by atoms with Crippen molar-refractivity contribution in [2.24, 2.45) is 0 Å². The third-order valence-corrected chi connectivity index (χ3v) is 17.2. The summed E-state index contributed by atoms with van der Waals surface area (Å²) in [4.78, 5) is 2.58. The molecule has 0 N–H and O–H groups in total. The minimum atomic E-state index is -0.536. The highest BCUT2D eigenvalue weighted by Crippen LogP contribution is 2.60. The van der Waals surface area contributed by atoms with Gasteiger partial charge in [-0.05, 0) is 145 Å². The van der Waals surface area contributed by atoms with Crippen LogP contribution < -0.4 is 4.90 Å². The van der Waals surface area contributed by atoms with Gasteiger partial charge in [0.05, 0.1) is 16.8 Å². The summed E-state index contributed by atoms with van der Waals surface area (Å²) in [7, 11) is 0. The summed E-state index contributed by atoms with van der Waals surface area (Å²) in [5.41, 5.74) is 23.3. The zero-order valence-electron chi connectivity index (χ0n) is 41.9. The van der Waals surface area contributed by atoms with Crippen LogP contribution in [0.25, 0.3) is 55.3 Å². The number of anilines is 3. The van der Waals surface area contributed by atoms with Crippen LogP contribution in [-0.4, -0.2) is 0 Å². The van der Waals surface area contributed by atoms with Crippen molar-refractivity contribution in [1.29, 1.82) is 0 Å². The molecule has 1 heteroatoms. The zero-order chi connectivity index (χ0) is 49.2. The molecule has 354 valence electrons. The minimum Gasteiger partial charge on any atom is -0.309 e. The summed E-state index contributed by atoms with van der Waals surface area (Å²) >= 11 is 0. The Labute approximate surface area is 436 Å². The largest absolute Gasteiger partial charge is 0.309 e. The topological polar surface area (TPSA) is 3.24 Å². The minimum absolute atomic E-state index is 0.277. The summed E-state index contributed by atoms with van der Waals surface area (Å²) in [6.45, 7) is 2.41. The van der Waals surface area contributed by atoms with Crippen molar-refractivity contribution in [2.45, 2.75) is 55.8 Å². The molecule has 11 aromatic rings. The van der Waals surface area contributed by atoms with Crippen molar-refractivity contribution in [3.05, 3.63) is 305 Å². The molecular formula is C73H57N. The first kappa shape index (κ1) is 44.2. The molecule has 3 aliphatic rings. The van der Waals surface area contributed by atoms with Crippen LogP contribution in [0.2, 0.25) is 0 Å². The Kier molecular flexibility index (Phi) is 10.7. The van der Waals surface area contributed by atoms with Gasteiger partial charge in [0.1, 0.15) is 0 Å².